The minimum Gasteiger partial charge on any atom is -0.273 e. The van der Waals surface area contributed by atoms with Crippen molar-refractivity contribution in [3.8, 4) is 6.07 Å². The van der Waals surface area contributed by atoms with Crippen LogP contribution < -0.4 is 0 Å². The minimum atomic E-state index is -3.03. The van der Waals surface area contributed by atoms with Crippen LogP contribution in [0, 0.1) is 16.7 Å². The van der Waals surface area contributed by atoms with E-state index in [1.165, 1.54) is 0 Å². The van der Waals surface area contributed by atoms with Gasteiger partial charge in [-0.1, -0.05) is 0 Å². The molecule has 0 aliphatic carbocycles. The van der Waals surface area contributed by atoms with Crippen LogP contribution in [0.4, 0.5) is 0 Å². The largest absolute Gasteiger partial charge is 0.273 e. The van der Waals surface area contributed by atoms with E-state index in [0.717, 1.165) is 12.1 Å². The zero-order valence-corrected chi connectivity index (χ0v) is 10.6. The Kier molecular flexibility index (Phi) is 2.96. The number of nitriles is 1. The number of hydrogen-bond donors (Lipinski definition) is 0. The third kappa shape index (κ3) is 2.50. The molecule has 0 bridgehead atoms. The summed E-state index contributed by atoms with van der Waals surface area (Å²) in [6.45, 7) is 2.76. The summed E-state index contributed by atoms with van der Waals surface area (Å²) < 4.78 is 24.8. The van der Waals surface area contributed by atoms with Gasteiger partial charge in [0.05, 0.1) is 29.2 Å². The van der Waals surface area contributed by atoms with E-state index < -0.39 is 15.3 Å². The maximum absolute atomic E-state index is 11.5. The highest BCUT2D eigenvalue weighted by atomic mass is 32.2. The highest BCUT2D eigenvalue weighted by Gasteiger charge is 2.42. The Labute approximate surface area is 101 Å². The Hall–Kier alpha value is -1.35. The maximum Gasteiger partial charge on any atom is 0.151 e. The fourth-order valence-electron chi connectivity index (χ4n) is 2.24. The Balaban J connectivity index is 2.19. The van der Waals surface area contributed by atoms with Crippen molar-refractivity contribution >= 4 is 9.84 Å². The molecule has 1 unspecified atom stereocenters. The van der Waals surface area contributed by atoms with Gasteiger partial charge in [0.1, 0.15) is 0 Å². The fourth-order valence-corrected chi connectivity index (χ4v) is 4.24. The third-order valence-electron chi connectivity index (χ3n) is 3.18. The van der Waals surface area contributed by atoms with Gasteiger partial charge in [0.25, 0.3) is 0 Å². The quantitative estimate of drug-likeness (QED) is 0.797. The Morgan fingerprint density at radius 3 is 2.88 bits per heavy atom. The highest BCUT2D eigenvalue weighted by molar-refractivity contribution is 7.91. The van der Waals surface area contributed by atoms with Crippen LogP contribution in [0.15, 0.2) is 12.4 Å². The van der Waals surface area contributed by atoms with Crippen molar-refractivity contribution in [2.24, 2.45) is 5.41 Å². The van der Waals surface area contributed by atoms with E-state index in [2.05, 4.69) is 11.2 Å². The summed E-state index contributed by atoms with van der Waals surface area (Å²) in [6, 6.07) is 2.19. The smallest absolute Gasteiger partial charge is 0.151 e. The average Bonchev–Trinajstić information content (AvgIpc) is 2.84. The first kappa shape index (κ1) is 12.1. The van der Waals surface area contributed by atoms with E-state index in [0.29, 0.717) is 12.8 Å². The van der Waals surface area contributed by atoms with Gasteiger partial charge in [-0.05, 0) is 25.3 Å². The maximum atomic E-state index is 11.5. The molecular weight excluding hydrogens is 238 g/mol. The van der Waals surface area contributed by atoms with Gasteiger partial charge in [-0.25, -0.2) is 8.42 Å². The van der Waals surface area contributed by atoms with Crippen molar-refractivity contribution in [3.05, 3.63) is 18.0 Å². The monoisotopic (exact) mass is 253 g/mol. The summed E-state index contributed by atoms with van der Waals surface area (Å²) in [4.78, 5) is 0. The molecule has 0 saturated carbocycles. The molecule has 1 aliphatic heterocycles. The van der Waals surface area contributed by atoms with E-state index in [1.54, 1.807) is 10.9 Å². The molecule has 1 aromatic rings. The Morgan fingerprint density at radius 1 is 1.65 bits per heavy atom. The van der Waals surface area contributed by atoms with Gasteiger partial charge in [0, 0.05) is 12.7 Å². The molecule has 2 heterocycles. The van der Waals surface area contributed by atoms with Crippen LogP contribution >= 0.6 is 0 Å². The first-order chi connectivity index (χ1) is 7.99. The van der Waals surface area contributed by atoms with Crippen molar-refractivity contribution in [1.29, 1.82) is 5.26 Å². The molecule has 0 amide bonds. The molecule has 92 valence electrons. The Bertz CT molecular complexity index is 556. The number of nitrogens with zero attached hydrogens (tertiary/aromatic N) is 3. The van der Waals surface area contributed by atoms with Gasteiger partial charge in [0.15, 0.2) is 9.84 Å². The first-order valence-corrected chi connectivity index (χ1v) is 7.44. The van der Waals surface area contributed by atoms with Gasteiger partial charge < -0.3 is 0 Å². The Morgan fingerprint density at radius 2 is 2.41 bits per heavy atom. The molecule has 1 saturated heterocycles. The summed E-state index contributed by atoms with van der Waals surface area (Å²) in [5.74, 6) is 0.107. The van der Waals surface area contributed by atoms with E-state index >= 15 is 0 Å². The standard InChI is InChI=1S/C11H15N3O2S/c1-2-14-7-10(6-13-14)5-11(8-12)3-4-17(15,16)9-11/h6-7H,2-5,9H2,1H3. The van der Waals surface area contributed by atoms with Crippen LogP contribution in [0.2, 0.25) is 0 Å². The van der Waals surface area contributed by atoms with Gasteiger partial charge in [-0.15, -0.1) is 0 Å². The molecule has 1 fully saturated rings. The summed E-state index contributed by atoms with van der Waals surface area (Å²) in [6.07, 6.45) is 4.50. The number of rotatable bonds is 3. The van der Waals surface area contributed by atoms with Crippen LogP contribution in [-0.4, -0.2) is 29.7 Å². The van der Waals surface area contributed by atoms with Crippen LogP contribution in [0.25, 0.3) is 0 Å². The normalized spacial score (nSPS) is 26.8. The zero-order valence-electron chi connectivity index (χ0n) is 9.76. The topological polar surface area (TPSA) is 75.8 Å². The highest BCUT2D eigenvalue weighted by Crippen LogP contribution is 2.34. The molecular formula is C11H15N3O2S. The molecule has 1 atom stereocenters. The summed E-state index contributed by atoms with van der Waals surface area (Å²) in [5.41, 5.74) is 0.186. The molecule has 0 N–H and O–H groups in total. The lowest BCUT2D eigenvalue weighted by molar-refractivity contribution is 0.451. The average molecular weight is 253 g/mol. The molecule has 0 spiro atoms. The molecule has 6 heteroatoms. The van der Waals surface area contributed by atoms with Gasteiger partial charge in [0.2, 0.25) is 0 Å². The van der Waals surface area contributed by atoms with Gasteiger partial charge in [-0.3, -0.25) is 4.68 Å². The van der Waals surface area contributed by atoms with Crippen LogP contribution in [0.5, 0.6) is 0 Å². The molecule has 0 aromatic carbocycles. The van der Waals surface area contributed by atoms with Crippen LogP contribution in [-0.2, 0) is 22.8 Å². The summed E-state index contributed by atoms with van der Waals surface area (Å²) in [7, 11) is -3.03. The van der Waals surface area contributed by atoms with Crippen molar-refractivity contribution in [3.63, 3.8) is 0 Å². The van der Waals surface area contributed by atoms with Crippen molar-refractivity contribution in [2.45, 2.75) is 26.3 Å². The predicted molar refractivity (Wildman–Crippen MR) is 62.9 cm³/mol. The predicted octanol–water partition coefficient (Wildman–Crippen LogP) is 0.774. The lowest BCUT2D eigenvalue weighted by Crippen LogP contribution is -2.23. The van der Waals surface area contributed by atoms with E-state index in [1.807, 2.05) is 13.1 Å². The third-order valence-corrected chi connectivity index (χ3v) is 5.00. The van der Waals surface area contributed by atoms with Gasteiger partial charge in [-0.2, -0.15) is 10.4 Å². The first-order valence-electron chi connectivity index (χ1n) is 5.62. The molecule has 1 aromatic heterocycles. The van der Waals surface area contributed by atoms with Crippen molar-refractivity contribution < 1.29 is 8.42 Å². The fraction of sp³-hybridized carbons (Fsp3) is 0.636. The number of aromatic nitrogens is 2. The lowest BCUT2D eigenvalue weighted by Gasteiger charge is -2.16. The molecule has 17 heavy (non-hydrogen) atoms. The number of aryl methyl sites for hydroxylation is 1. The second kappa shape index (κ2) is 4.15. The minimum absolute atomic E-state index is 0.0200. The number of sulfone groups is 1. The molecule has 0 radical (unpaired) electrons. The molecule has 2 rings (SSSR count). The van der Waals surface area contributed by atoms with Crippen LogP contribution in [0.1, 0.15) is 18.9 Å². The van der Waals surface area contributed by atoms with E-state index in [9.17, 15) is 13.7 Å². The molecule has 5 nitrogen and oxygen atoms in total. The summed E-state index contributed by atoms with van der Waals surface area (Å²) >= 11 is 0. The second-order valence-electron chi connectivity index (χ2n) is 4.62. The van der Waals surface area contributed by atoms with E-state index in [4.69, 9.17) is 0 Å². The zero-order chi connectivity index (χ0) is 12.5. The summed E-state index contributed by atoms with van der Waals surface area (Å²) in [5, 5.41) is 13.4. The SMILES string of the molecule is CCn1cc(CC2(C#N)CCS(=O)(=O)C2)cn1. The molecule has 1 aliphatic rings. The van der Waals surface area contributed by atoms with E-state index in [-0.39, 0.29) is 11.5 Å². The van der Waals surface area contributed by atoms with Crippen molar-refractivity contribution in [2.75, 3.05) is 11.5 Å². The van der Waals surface area contributed by atoms with Crippen molar-refractivity contribution in [1.82, 2.24) is 9.78 Å². The second-order valence-corrected chi connectivity index (χ2v) is 6.80. The van der Waals surface area contributed by atoms with Gasteiger partial charge >= 0.3 is 0 Å². The number of hydrogen-bond acceptors (Lipinski definition) is 4. The lowest BCUT2D eigenvalue weighted by atomic mass is 9.83. The van der Waals surface area contributed by atoms with Crippen LogP contribution in [0.3, 0.4) is 0 Å².